The van der Waals surface area contributed by atoms with Gasteiger partial charge >= 0.3 is 0 Å². The SMILES string of the molecule is COc1ccccc1/C=C/C(=O)[C@H](C#N)C(=O)Nc1ccc(F)cc1. The van der Waals surface area contributed by atoms with Crippen LogP contribution in [0.5, 0.6) is 5.75 Å². The number of anilines is 1. The number of ether oxygens (including phenoxy) is 1. The Morgan fingerprint density at radius 2 is 1.88 bits per heavy atom. The van der Waals surface area contributed by atoms with E-state index >= 15 is 0 Å². The number of hydrogen-bond acceptors (Lipinski definition) is 4. The first-order valence-electron chi connectivity index (χ1n) is 7.36. The molecule has 2 aromatic rings. The molecule has 0 spiro atoms. The van der Waals surface area contributed by atoms with Gasteiger partial charge in [-0.2, -0.15) is 5.26 Å². The van der Waals surface area contributed by atoms with Gasteiger partial charge in [0.25, 0.3) is 0 Å². The second-order valence-corrected chi connectivity index (χ2v) is 5.04. The van der Waals surface area contributed by atoms with E-state index in [2.05, 4.69) is 5.32 Å². The van der Waals surface area contributed by atoms with Crippen molar-refractivity contribution in [3.8, 4) is 11.8 Å². The van der Waals surface area contributed by atoms with Crippen molar-refractivity contribution in [1.29, 1.82) is 5.26 Å². The third kappa shape index (κ3) is 4.75. The molecule has 0 aromatic heterocycles. The minimum absolute atomic E-state index is 0.299. The lowest BCUT2D eigenvalue weighted by Gasteiger charge is -2.08. The maximum atomic E-state index is 12.9. The summed E-state index contributed by atoms with van der Waals surface area (Å²) in [4.78, 5) is 24.3. The van der Waals surface area contributed by atoms with Gasteiger partial charge in [0, 0.05) is 11.3 Å². The van der Waals surface area contributed by atoms with Crippen LogP contribution in [-0.4, -0.2) is 18.8 Å². The van der Waals surface area contributed by atoms with Crippen LogP contribution in [0.2, 0.25) is 0 Å². The Hall–Kier alpha value is -3.46. The zero-order chi connectivity index (χ0) is 18.2. The van der Waals surface area contributed by atoms with Crippen molar-refractivity contribution in [1.82, 2.24) is 0 Å². The van der Waals surface area contributed by atoms with E-state index in [1.807, 2.05) is 0 Å². The molecule has 1 N–H and O–H groups in total. The van der Waals surface area contributed by atoms with Crippen molar-refractivity contribution in [2.24, 2.45) is 5.92 Å². The first kappa shape index (κ1) is 17.9. The van der Waals surface area contributed by atoms with Gasteiger partial charge in [0.1, 0.15) is 11.6 Å². The van der Waals surface area contributed by atoms with E-state index in [1.54, 1.807) is 30.3 Å². The molecule has 6 heteroatoms. The van der Waals surface area contributed by atoms with Gasteiger partial charge < -0.3 is 10.1 Å². The third-order valence-electron chi connectivity index (χ3n) is 3.35. The summed E-state index contributed by atoms with van der Waals surface area (Å²) in [6.45, 7) is 0. The molecule has 0 saturated heterocycles. The average molecular weight is 338 g/mol. The largest absolute Gasteiger partial charge is 0.496 e. The summed E-state index contributed by atoms with van der Waals surface area (Å²) >= 11 is 0. The van der Waals surface area contributed by atoms with E-state index in [4.69, 9.17) is 10.00 Å². The van der Waals surface area contributed by atoms with Gasteiger partial charge in [-0.1, -0.05) is 18.2 Å². The molecule has 25 heavy (non-hydrogen) atoms. The number of rotatable bonds is 6. The Labute approximate surface area is 144 Å². The van der Waals surface area contributed by atoms with Crippen LogP contribution in [0, 0.1) is 23.1 Å². The van der Waals surface area contributed by atoms with E-state index in [9.17, 15) is 14.0 Å². The molecule has 0 fully saturated rings. The molecule has 0 aliphatic heterocycles. The van der Waals surface area contributed by atoms with Gasteiger partial charge in [0.2, 0.25) is 5.91 Å². The predicted octanol–water partition coefficient (Wildman–Crippen LogP) is 3.20. The lowest BCUT2D eigenvalue weighted by molar-refractivity contribution is -0.126. The van der Waals surface area contributed by atoms with E-state index in [1.165, 1.54) is 37.5 Å². The van der Waals surface area contributed by atoms with Gasteiger partial charge in [-0.25, -0.2) is 4.39 Å². The number of hydrogen-bond donors (Lipinski definition) is 1. The quantitative estimate of drug-likeness (QED) is 0.648. The zero-order valence-electron chi connectivity index (χ0n) is 13.4. The smallest absolute Gasteiger partial charge is 0.249 e. The monoisotopic (exact) mass is 338 g/mol. The highest BCUT2D eigenvalue weighted by molar-refractivity contribution is 6.14. The minimum atomic E-state index is -1.50. The number of carbonyl (C=O) groups excluding carboxylic acids is 2. The summed E-state index contributed by atoms with van der Waals surface area (Å²) < 4.78 is 18.0. The fourth-order valence-electron chi connectivity index (χ4n) is 2.07. The Morgan fingerprint density at radius 3 is 2.52 bits per heavy atom. The number of nitriles is 1. The molecule has 0 unspecified atom stereocenters. The second-order valence-electron chi connectivity index (χ2n) is 5.04. The number of para-hydroxylation sites is 1. The lowest BCUT2D eigenvalue weighted by Crippen LogP contribution is -2.27. The molecule has 1 amide bonds. The van der Waals surface area contributed by atoms with E-state index in [0.717, 1.165) is 6.08 Å². The molecule has 0 radical (unpaired) electrons. The highest BCUT2D eigenvalue weighted by Gasteiger charge is 2.24. The van der Waals surface area contributed by atoms with Crippen LogP contribution in [0.1, 0.15) is 5.56 Å². The molecular weight excluding hydrogens is 323 g/mol. The molecule has 0 saturated carbocycles. The van der Waals surface area contributed by atoms with Crippen molar-refractivity contribution in [2.45, 2.75) is 0 Å². The topological polar surface area (TPSA) is 79.2 Å². The second kappa shape index (κ2) is 8.41. The molecule has 2 aromatic carbocycles. The Kier molecular flexibility index (Phi) is 6.02. The van der Waals surface area contributed by atoms with Crippen molar-refractivity contribution < 1.29 is 18.7 Å². The molecule has 0 aliphatic carbocycles. The van der Waals surface area contributed by atoms with Crippen molar-refractivity contribution in [3.63, 3.8) is 0 Å². The number of nitrogens with zero attached hydrogens (tertiary/aromatic N) is 1. The van der Waals surface area contributed by atoms with Crippen LogP contribution in [0.4, 0.5) is 10.1 Å². The number of benzene rings is 2. The number of ketones is 1. The molecule has 2 rings (SSSR count). The van der Waals surface area contributed by atoms with Gasteiger partial charge in [0.15, 0.2) is 11.7 Å². The molecular formula is C19H15FN2O3. The Morgan fingerprint density at radius 1 is 1.20 bits per heavy atom. The third-order valence-corrected chi connectivity index (χ3v) is 3.35. The summed E-state index contributed by atoms with van der Waals surface area (Å²) in [6, 6.07) is 13.7. The number of allylic oxidation sites excluding steroid dienone is 1. The predicted molar refractivity (Wildman–Crippen MR) is 91.2 cm³/mol. The number of halogens is 1. The highest BCUT2D eigenvalue weighted by atomic mass is 19.1. The first-order chi connectivity index (χ1) is 12.0. The minimum Gasteiger partial charge on any atom is -0.496 e. The molecule has 0 bridgehead atoms. The lowest BCUT2D eigenvalue weighted by atomic mass is 10.0. The summed E-state index contributed by atoms with van der Waals surface area (Å²) in [5, 5.41) is 11.6. The fraction of sp³-hybridized carbons (Fsp3) is 0.105. The molecule has 0 aliphatic rings. The van der Waals surface area contributed by atoms with Crippen LogP contribution in [0.25, 0.3) is 6.08 Å². The molecule has 126 valence electrons. The van der Waals surface area contributed by atoms with Crippen LogP contribution in [-0.2, 0) is 9.59 Å². The molecule has 5 nitrogen and oxygen atoms in total. The maximum absolute atomic E-state index is 12.9. The van der Waals surface area contributed by atoms with E-state index in [-0.39, 0.29) is 0 Å². The van der Waals surface area contributed by atoms with Crippen LogP contribution < -0.4 is 10.1 Å². The number of amides is 1. The normalized spacial score (nSPS) is 11.6. The maximum Gasteiger partial charge on any atom is 0.249 e. The molecule has 0 heterocycles. The van der Waals surface area contributed by atoms with Crippen molar-refractivity contribution in [2.75, 3.05) is 12.4 Å². The van der Waals surface area contributed by atoms with Crippen molar-refractivity contribution >= 4 is 23.5 Å². The van der Waals surface area contributed by atoms with E-state index < -0.39 is 23.4 Å². The average Bonchev–Trinajstić information content (AvgIpc) is 2.62. The summed E-state index contributed by atoms with van der Waals surface area (Å²) in [7, 11) is 1.50. The van der Waals surface area contributed by atoms with Gasteiger partial charge in [-0.15, -0.1) is 0 Å². The molecule has 1 atom stereocenters. The zero-order valence-corrected chi connectivity index (χ0v) is 13.4. The first-order valence-corrected chi connectivity index (χ1v) is 7.36. The standard InChI is InChI=1S/C19H15FN2O3/c1-25-18-5-3-2-4-13(18)6-11-17(23)16(12-21)19(24)22-15-9-7-14(20)8-10-15/h2-11,16H,1H3,(H,22,24)/b11-6+/t16-/m0/s1. The fourth-order valence-corrected chi connectivity index (χ4v) is 2.07. The van der Waals surface area contributed by atoms with Crippen LogP contribution >= 0.6 is 0 Å². The number of nitrogens with one attached hydrogen (secondary N) is 1. The summed E-state index contributed by atoms with van der Waals surface area (Å²) in [5.41, 5.74) is 0.946. The Bertz CT molecular complexity index is 838. The van der Waals surface area contributed by atoms with Gasteiger partial charge in [-0.05, 0) is 42.5 Å². The summed E-state index contributed by atoms with van der Waals surface area (Å²) in [6.07, 6.45) is 2.65. The van der Waals surface area contributed by atoms with Gasteiger partial charge in [0.05, 0.1) is 13.2 Å². The van der Waals surface area contributed by atoms with Crippen molar-refractivity contribution in [3.05, 3.63) is 66.0 Å². The Balaban J connectivity index is 2.10. The van der Waals surface area contributed by atoms with E-state index in [0.29, 0.717) is 17.0 Å². The van der Waals surface area contributed by atoms with Crippen LogP contribution in [0.3, 0.4) is 0 Å². The number of carbonyl (C=O) groups is 2. The van der Waals surface area contributed by atoms with Gasteiger partial charge in [-0.3, -0.25) is 9.59 Å². The highest BCUT2D eigenvalue weighted by Crippen LogP contribution is 2.19. The van der Waals surface area contributed by atoms with Crippen LogP contribution in [0.15, 0.2) is 54.6 Å². The number of methoxy groups -OCH3 is 1. The summed E-state index contributed by atoms with van der Waals surface area (Å²) in [5.74, 6) is -2.82.